The van der Waals surface area contributed by atoms with Crippen molar-refractivity contribution in [2.75, 3.05) is 0 Å². The van der Waals surface area contributed by atoms with Crippen LogP contribution in [0.1, 0.15) is 5.56 Å². The van der Waals surface area contributed by atoms with Crippen LogP contribution in [0.25, 0.3) is 0 Å². The maximum absolute atomic E-state index is 11.0. The summed E-state index contributed by atoms with van der Waals surface area (Å²) in [5.74, 6) is 0.387. The van der Waals surface area contributed by atoms with Gasteiger partial charge in [0.05, 0.1) is 9.95 Å². The molecular formula is C13H8BrCl2NO3. The highest BCUT2D eigenvalue weighted by molar-refractivity contribution is 9.08. The molecular weight excluding hydrogens is 369 g/mol. The van der Waals surface area contributed by atoms with Crippen molar-refractivity contribution in [2.24, 2.45) is 0 Å². The van der Waals surface area contributed by atoms with Gasteiger partial charge in [-0.1, -0.05) is 51.3 Å². The molecule has 0 amide bonds. The van der Waals surface area contributed by atoms with Gasteiger partial charge in [-0.05, 0) is 23.8 Å². The van der Waals surface area contributed by atoms with E-state index in [1.807, 2.05) is 0 Å². The minimum Gasteiger partial charge on any atom is -0.448 e. The highest BCUT2D eigenvalue weighted by Crippen LogP contribution is 2.38. The van der Waals surface area contributed by atoms with Gasteiger partial charge in [-0.3, -0.25) is 10.1 Å². The van der Waals surface area contributed by atoms with Crippen LogP contribution in [0.2, 0.25) is 10.0 Å². The van der Waals surface area contributed by atoms with E-state index in [-0.39, 0.29) is 16.5 Å². The van der Waals surface area contributed by atoms with Crippen molar-refractivity contribution in [1.82, 2.24) is 0 Å². The number of para-hydroxylation sites is 1. The van der Waals surface area contributed by atoms with E-state index in [4.69, 9.17) is 27.9 Å². The Kier molecular flexibility index (Phi) is 4.86. The molecule has 2 rings (SSSR count). The number of hydrogen-bond donors (Lipinski definition) is 0. The van der Waals surface area contributed by atoms with E-state index in [1.165, 1.54) is 18.2 Å². The molecule has 2 aromatic carbocycles. The first-order chi connectivity index (χ1) is 9.52. The number of nitrogens with zero attached hydrogens (tertiary/aromatic N) is 1. The molecule has 0 N–H and O–H groups in total. The molecule has 4 nitrogen and oxygen atoms in total. The average Bonchev–Trinajstić information content (AvgIpc) is 2.41. The maximum Gasteiger partial charge on any atom is 0.313 e. The Morgan fingerprint density at radius 3 is 2.55 bits per heavy atom. The van der Waals surface area contributed by atoms with Crippen LogP contribution in [0.4, 0.5) is 5.69 Å². The molecule has 20 heavy (non-hydrogen) atoms. The van der Waals surface area contributed by atoms with Crippen molar-refractivity contribution in [3.8, 4) is 11.5 Å². The van der Waals surface area contributed by atoms with Gasteiger partial charge in [-0.15, -0.1) is 0 Å². The Hall–Kier alpha value is -1.30. The van der Waals surface area contributed by atoms with Crippen molar-refractivity contribution >= 4 is 44.8 Å². The zero-order chi connectivity index (χ0) is 14.7. The number of nitro benzene ring substituents is 1. The number of halogens is 3. The van der Waals surface area contributed by atoms with E-state index >= 15 is 0 Å². The summed E-state index contributed by atoms with van der Waals surface area (Å²) in [5.41, 5.74) is 0.700. The molecule has 0 unspecified atom stereocenters. The molecule has 7 heteroatoms. The lowest BCUT2D eigenvalue weighted by atomic mass is 10.2. The summed E-state index contributed by atoms with van der Waals surface area (Å²) in [6.45, 7) is 0. The summed E-state index contributed by atoms with van der Waals surface area (Å²) in [7, 11) is 0. The topological polar surface area (TPSA) is 52.4 Å². The average molecular weight is 377 g/mol. The molecule has 0 saturated carbocycles. The minimum atomic E-state index is -0.546. The summed E-state index contributed by atoms with van der Waals surface area (Å²) in [4.78, 5) is 10.4. The van der Waals surface area contributed by atoms with Crippen molar-refractivity contribution in [1.29, 1.82) is 0 Å². The summed E-state index contributed by atoms with van der Waals surface area (Å²) < 4.78 is 5.51. The molecule has 0 aliphatic heterocycles. The molecule has 2 aromatic rings. The number of ether oxygens (including phenoxy) is 1. The molecule has 0 heterocycles. The first kappa shape index (κ1) is 15.1. The van der Waals surface area contributed by atoms with Gasteiger partial charge in [0, 0.05) is 16.4 Å². The van der Waals surface area contributed by atoms with E-state index < -0.39 is 4.92 Å². The fourth-order valence-electron chi connectivity index (χ4n) is 1.56. The fraction of sp³-hybridized carbons (Fsp3) is 0.0769. The molecule has 0 radical (unpaired) electrons. The molecule has 0 bridgehead atoms. The summed E-state index contributed by atoms with van der Waals surface area (Å²) in [6.07, 6.45) is 0. The van der Waals surface area contributed by atoms with E-state index in [9.17, 15) is 10.1 Å². The number of hydrogen-bond acceptors (Lipinski definition) is 3. The number of rotatable bonds is 4. The molecule has 0 aliphatic rings. The van der Waals surface area contributed by atoms with Crippen molar-refractivity contribution in [3.63, 3.8) is 0 Å². The van der Waals surface area contributed by atoms with Crippen LogP contribution >= 0.6 is 39.1 Å². The van der Waals surface area contributed by atoms with Crippen LogP contribution in [0.5, 0.6) is 11.5 Å². The van der Waals surface area contributed by atoms with Crippen LogP contribution in [0, 0.1) is 10.1 Å². The lowest BCUT2D eigenvalue weighted by Gasteiger charge is -2.09. The van der Waals surface area contributed by atoms with Gasteiger partial charge in [0.25, 0.3) is 0 Å². The van der Waals surface area contributed by atoms with Crippen LogP contribution in [0.15, 0.2) is 36.4 Å². The van der Waals surface area contributed by atoms with Crippen LogP contribution in [-0.2, 0) is 5.33 Å². The Bertz CT molecular complexity index is 664. The standard InChI is InChI=1S/C13H8BrCl2NO3/c14-7-8-4-5-9(6-11(8)16)20-13-10(15)2-1-3-12(13)17(18)19/h1-6H,7H2. The van der Waals surface area contributed by atoms with Gasteiger partial charge < -0.3 is 4.74 Å². The quantitative estimate of drug-likeness (QED) is 0.397. The SMILES string of the molecule is O=[N+]([O-])c1cccc(Cl)c1Oc1ccc(CBr)c(Cl)c1. The summed E-state index contributed by atoms with van der Waals surface area (Å²) in [6, 6.07) is 9.39. The van der Waals surface area contributed by atoms with Gasteiger partial charge in [0.15, 0.2) is 0 Å². The van der Waals surface area contributed by atoms with Gasteiger partial charge in [0.2, 0.25) is 5.75 Å². The molecule has 0 spiro atoms. The predicted octanol–water partition coefficient (Wildman–Crippen LogP) is 5.59. The lowest BCUT2D eigenvalue weighted by Crippen LogP contribution is -1.94. The van der Waals surface area contributed by atoms with Crippen LogP contribution < -0.4 is 4.74 Å². The Labute approximate surface area is 133 Å². The second-order valence-corrected chi connectivity index (χ2v) is 5.21. The Balaban J connectivity index is 2.39. The predicted molar refractivity (Wildman–Crippen MR) is 82.3 cm³/mol. The third kappa shape index (κ3) is 3.23. The van der Waals surface area contributed by atoms with E-state index in [0.717, 1.165) is 5.56 Å². The third-order valence-electron chi connectivity index (χ3n) is 2.53. The van der Waals surface area contributed by atoms with E-state index in [2.05, 4.69) is 15.9 Å². The largest absolute Gasteiger partial charge is 0.448 e. The highest BCUT2D eigenvalue weighted by Gasteiger charge is 2.19. The van der Waals surface area contributed by atoms with Gasteiger partial charge in [-0.25, -0.2) is 0 Å². The number of nitro groups is 1. The Morgan fingerprint density at radius 1 is 1.20 bits per heavy atom. The summed E-state index contributed by atoms with van der Waals surface area (Å²) in [5, 5.41) is 12.3. The third-order valence-corrected chi connectivity index (χ3v) is 3.78. The van der Waals surface area contributed by atoms with E-state index in [1.54, 1.807) is 18.2 Å². The zero-order valence-corrected chi connectivity index (χ0v) is 13.1. The molecule has 0 aliphatic carbocycles. The van der Waals surface area contributed by atoms with Crippen LogP contribution in [0.3, 0.4) is 0 Å². The second-order valence-electron chi connectivity index (χ2n) is 3.83. The van der Waals surface area contributed by atoms with Gasteiger partial charge in [0.1, 0.15) is 5.75 Å². The first-order valence-corrected chi connectivity index (χ1v) is 7.36. The van der Waals surface area contributed by atoms with Crippen molar-refractivity contribution in [3.05, 3.63) is 62.1 Å². The monoisotopic (exact) mass is 375 g/mol. The van der Waals surface area contributed by atoms with Crippen LogP contribution in [-0.4, -0.2) is 4.92 Å². The van der Waals surface area contributed by atoms with E-state index in [0.29, 0.717) is 16.1 Å². The zero-order valence-electron chi connectivity index (χ0n) is 9.98. The van der Waals surface area contributed by atoms with Crippen molar-refractivity contribution < 1.29 is 9.66 Å². The second kappa shape index (κ2) is 6.43. The lowest BCUT2D eigenvalue weighted by molar-refractivity contribution is -0.385. The molecule has 104 valence electrons. The van der Waals surface area contributed by atoms with Crippen molar-refractivity contribution in [2.45, 2.75) is 5.33 Å². The molecule has 0 atom stereocenters. The first-order valence-electron chi connectivity index (χ1n) is 5.48. The van der Waals surface area contributed by atoms with Gasteiger partial charge >= 0.3 is 5.69 Å². The smallest absolute Gasteiger partial charge is 0.313 e. The normalized spacial score (nSPS) is 10.3. The fourth-order valence-corrected chi connectivity index (χ4v) is 2.66. The minimum absolute atomic E-state index is 0.00169. The summed E-state index contributed by atoms with van der Waals surface area (Å²) >= 11 is 15.3. The molecule has 0 fully saturated rings. The number of alkyl halides is 1. The maximum atomic E-state index is 11.0. The number of benzene rings is 2. The molecule has 0 saturated heterocycles. The van der Waals surface area contributed by atoms with Gasteiger partial charge in [-0.2, -0.15) is 0 Å². The Morgan fingerprint density at radius 2 is 1.95 bits per heavy atom. The molecule has 0 aromatic heterocycles. The highest BCUT2D eigenvalue weighted by atomic mass is 79.9.